The Kier molecular flexibility index (Phi) is 3.20. The summed E-state index contributed by atoms with van der Waals surface area (Å²) >= 11 is 0. The van der Waals surface area contributed by atoms with Crippen molar-refractivity contribution in [1.29, 1.82) is 0 Å². The number of halogens is 4. The maximum absolute atomic E-state index is 12.9. The molecule has 2 aliphatic rings. The van der Waals surface area contributed by atoms with Gasteiger partial charge in [0.25, 0.3) is 0 Å². The average Bonchev–Trinajstić information content (AvgIpc) is 2.58. The predicted octanol–water partition coefficient (Wildman–Crippen LogP) is 3.69. The molecule has 106 valence electrons. The molecule has 2 fully saturated rings. The van der Waals surface area contributed by atoms with Gasteiger partial charge in [-0.05, 0) is 36.0 Å². The van der Waals surface area contributed by atoms with Gasteiger partial charge < -0.3 is 5.32 Å². The molecule has 2 rings (SSSR count). The van der Waals surface area contributed by atoms with Gasteiger partial charge in [-0.15, -0.1) is 0 Å². The van der Waals surface area contributed by atoms with Crippen molar-refractivity contribution in [3.8, 4) is 0 Å². The fraction of sp³-hybridized carbons (Fsp3) is 1.00. The Labute approximate surface area is 105 Å². The van der Waals surface area contributed by atoms with Crippen LogP contribution in [0.1, 0.15) is 40.0 Å². The first kappa shape index (κ1) is 14.1. The van der Waals surface area contributed by atoms with Crippen LogP contribution in [0.15, 0.2) is 0 Å². The van der Waals surface area contributed by atoms with Crippen LogP contribution in [0.5, 0.6) is 0 Å². The van der Waals surface area contributed by atoms with Crippen molar-refractivity contribution in [3.63, 3.8) is 0 Å². The minimum absolute atomic E-state index is 0.0597. The summed E-state index contributed by atoms with van der Waals surface area (Å²) in [5, 5.41) is 2.70. The summed E-state index contributed by atoms with van der Waals surface area (Å²) in [6.07, 6.45) is -0.664. The van der Waals surface area contributed by atoms with Gasteiger partial charge in [0.1, 0.15) is 0 Å². The minimum atomic E-state index is -3.93. The molecule has 5 heteroatoms. The van der Waals surface area contributed by atoms with Gasteiger partial charge >= 0.3 is 12.3 Å². The largest absolute Gasteiger partial charge is 0.319 e. The van der Waals surface area contributed by atoms with Gasteiger partial charge in [-0.25, -0.2) is 8.78 Å². The number of hydrogen-bond acceptors (Lipinski definition) is 1. The number of rotatable bonds is 4. The van der Waals surface area contributed by atoms with E-state index in [2.05, 4.69) is 26.1 Å². The summed E-state index contributed by atoms with van der Waals surface area (Å²) in [7, 11) is 0. The van der Waals surface area contributed by atoms with Gasteiger partial charge in [-0.2, -0.15) is 8.78 Å². The first-order chi connectivity index (χ1) is 8.11. The lowest BCUT2D eigenvalue weighted by molar-refractivity contribution is -0.127. The van der Waals surface area contributed by atoms with Crippen LogP contribution in [0.3, 0.4) is 0 Å². The highest BCUT2D eigenvalue weighted by Crippen LogP contribution is 2.65. The molecule has 0 amide bonds. The Morgan fingerprint density at radius 1 is 1.28 bits per heavy atom. The molecule has 2 aliphatic carbocycles. The lowest BCUT2D eigenvalue weighted by Crippen LogP contribution is -2.49. The molecule has 0 aliphatic heterocycles. The lowest BCUT2D eigenvalue weighted by atomic mass is 9.69. The van der Waals surface area contributed by atoms with E-state index in [1.165, 1.54) is 0 Å². The average molecular weight is 267 g/mol. The van der Waals surface area contributed by atoms with Crippen LogP contribution in [-0.4, -0.2) is 24.9 Å². The Balaban J connectivity index is 2.01. The van der Waals surface area contributed by atoms with Crippen molar-refractivity contribution in [1.82, 2.24) is 5.32 Å². The van der Waals surface area contributed by atoms with Crippen molar-refractivity contribution in [2.45, 2.75) is 58.4 Å². The standard InChI is InChI=1S/C13H21F4N/c1-11(2)8-4-5-12(11,3)9(6-8)18-7-13(16,17)10(14)15/h8-10,18H,4-7H2,1-3H3. The Morgan fingerprint density at radius 3 is 2.28 bits per heavy atom. The second-order valence-electron chi connectivity index (χ2n) is 6.61. The van der Waals surface area contributed by atoms with Crippen LogP contribution in [0.25, 0.3) is 0 Å². The van der Waals surface area contributed by atoms with Gasteiger partial charge in [0.2, 0.25) is 0 Å². The van der Waals surface area contributed by atoms with Gasteiger partial charge in [0.15, 0.2) is 0 Å². The molecule has 0 spiro atoms. The van der Waals surface area contributed by atoms with Crippen LogP contribution in [0.2, 0.25) is 0 Å². The molecule has 18 heavy (non-hydrogen) atoms. The van der Waals surface area contributed by atoms with E-state index >= 15 is 0 Å². The molecule has 0 saturated heterocycles. The zero-order chi connectivity index (χ0) is 13.8. The molecular formula is C13H21F4N. The Morgan fingerprint density at radius 2 is 1.89 bits per heavy atom. The van der Waals surface area contributed by atoms with Crippen molar-refractivity contribution < 1.29 is 17.6 Å². The topological polar surface area (TPSA) is 12.0 Å². The third-order valence-electron chi connectivity index (χ3n) is 5.70. The second-order valence-corrected chi connectivity index (χ2v) is 6.61. The van der Waals surface area contributed by atoms with Gasteiger partial charge in [0.05, 0.1) is 6.54 Å². The molecule has 2 saturated carbocycles. The molecule has 2 bridgehead atoms. The van der Waals surface area contributed by atoms with E-state index in [1.54, 1.807) is 0 Å². The molecule has 3 atom stereocenters. The number of alkyl halides is 4. The van der Waals surface area contributed by atoms with E-state index in [1.807, 2.05) is 0 Å². The maximum Gasteiger partial charge on any atom is 0.319 e. The first-order valence-electron chi connectivity index (χ1n) is 6.50. The quantitative estimate of drug-likeness (QED) is 0.766. The van der Waals surface area contributed by atoms with Crippen LogP contribution in [0, 0.1) is 16.7 Å². The van der Waals surface area contributed by atoms with Crippen LogP contribution < -0.4 is 5.32 Å². The summed E-state index contributed by atoms with van der Waals surface area (Å²) in [5.41, 5.74) is 0.0423. The van der Waals surface area contributed by atoms with Crippen molar-refractivity contribution in [2.24, 2.45) is 16.7 Å². The lowest BCUT2D eigenvalue weighted by Gasteiger charge is -2.40. The molecule has 1 nitrogen and oxygen atoms in total. The van der Waals surface area contributed by atoms with Crippen molar-refractivity contribution in [3.05, 3.63) is 0 Å². The molecule has 0 heterocycles. The smallest absolute Gasteiger partial charge is 0.308 e. The highest BCUT2D eigenvalue weighted by Gasteiger charge is 2.61. The number of fused-ring (bicyclic) bond motifs is 2. The fourth-order valence-electron chi connectivity index (χ4n) is 3.85. The molecule has 0 radical (unpaired) electrons. The van der Waals surface area contributed by atoms with E-state index < -0.39 is 18.9 Å². The zero-order valence-electron chi connectivity index (χ0n) is 11.1. The molecular weight excluding hydrogens is 246 g/mol. The zero-order valence-corrected chi connectivity index (χ0v) is 11.1. The molecule has 3 unspecified atom stereocenters. The third-order valence-corrected chi connectivity index (χ3v) is 5.70. The first-order valence-corrected chi connectivity index (χ1v) is 6.50. The van der Waals surface area contributed by atoms with Gasteiger partial charge in [-0.1, -0.05) is 20.8 Å². The van der Waals surface area contributed by atoms with Gasteiger partial charge in [0, 0.05) is 6.04 Å². The predicted molar refractivity (Wildman–Crippen MR) is 62.0 cm³/mol. The Hall–Kier alpha value is -0.320. The number of hydrogen-bond donors (Lipinski definition) is 1. The summed E-state index contributed by atoms with van der Waals surface area (Å²) < 4.78 is 50.2. The minimum Gasteiger partial charge on any atom is -0.308 e. The van der Waals surface area contributed by atoms with Crippen molar-refractivity contribution in [2.75, 3.05) is 6.54 Å². The Bertz CT molecular complexity index is 329. The molecule has 0 aromatic carbocycles. The third kappa shape index (κ3) is 1.86. The normalized spacial score (nSPS) is 38.7. The van der Waals surface area contributed by atoms with E-state index in [4.69, 9.17) is 0 Å². The summed E-state index contributed by atoms with van der Waals surface area (Å²) in [6.45, 7) is 5.50. The highest BCUT2D eigenvalue weighted by atomic mass is 19.3. The van der Waals surface area contributed by atoms with Crippen LogP contribution >= 0.6 is 0 Å². The maximum atomic E-state index is 12.9. The summed E-state index contributed by atoms with van der Waals surface area (Å²) in [6, 6.07) is -0.0733. The van der Waals surface area contributed by atoms with E-state index in [9.17, 15) is 17.6 Å². The monoisotopic (exact) mass is 267 g/mol. The summed E-state index contributed by atoms with van der Waals surface area (Å²) in [4.78, 5) is 0. The van der Waals surface area contributed by atoms with Gasteiger partial charge in [-0.3, -0.25) is 0 Å². The number of nitrogens with one attached hydrogen (secondary N) is 1. The summed E-state index contributed by atoms with van der Waals surface area (Å²) in [5.74, 6) is -3.41. The van der Waals surface area contributed by atoms with E-state index in [0.29, 0.717) is 5.92 Å². The molecule has 0 aromatic rings. The van der Waals surface area contributed by atoms with Crippen LogP contribution in [0.4, 0.5) is 17.6 Å². The highest BCUT2D eigenvalue weighted by molar-refractivity contribution is 5.13. The molecule has 0 aromatic heterocycles. The van der Waals surface area contributed by atoms with E-state index in [0.717, 1.165) is 19.3 Å². The molecule has 1 N–H and O–H groups in total. The van der Waals surface area contributed by atoms with Crippen molar-refractivity contribution >= 4 is 0 Å². The van der Waals surface area contributed by atoms with Crippen LogP contribution in [-0.2, 0) is 0 Å². The van der Waals surface area contributed by atoms with E-state index in [-0.39, 0.29) is 16.9 Å². The second kappa shape index (κ2) is 4.09. The SMILES string of the molecule is CC1(C)C2CCC1(C)C(NCC(F)(F)C(F)F)C2. The fourth-order valence-corrected chi connectivity index (χ4v) is 3.85.